The number of alkyl halides is 2. The zero-order chi connectivity index (χ0) is 20.4. The molecule has 0 aliphatic heterocycles. The minimum atomic E-state index is -2.78. The lowest BCUT2D eigenvalue weighted by atomic mass is 10.1. The highest BCUT2D eigenvalue weighted by Crippen LogP contribution is 2.41. The smallest absolute Gasteiger partial charge is 0.333 e. The number of rotatable bonds is 7. The van der Waals surface area contributed by atoms with Crippen molar-refractivity contribution in [3.05, 3.63) is 42.9 Å². The summed E-state index contributed by atoms with van der Waals surface area (Å²) in [7, 11) is -2.06. The third-order valence-corrected chi connectivity index (χ3v) is 9.50. The van der Waals surface area contributed by atoms with Crippen molar-refractivity contribution < 1.29 is 13.2 Å². The molecule has 0 aliphatic rings. The maximum absolute atomic E-state index is 13.3. The second-order valence-corrected chi connectivity index (χ2v) is 12.8. The van der Waals surface area contributed by atoms with Gasteiger partial charge in [0.1, 0.15) is 0 Å². The first-order valence-corrected chi connectivity index (χ1v) is 11.7. The Hall–Kier alpha value is -2.06. The Labute approximate surface area is 160 Å². The Balaban J connectivity index is 2.45. The van der Waals surface area contributed by atoms with Crippen molar-refractivity contribution in [2.75, 3.05) is 5.73 Å². The van der Waals surface area contributed by atoms with Crippen molar-refractivity contribution in [3.8, 4) is 11.3 Å². The maximum atomic E-state index is 13.3. The van der Waals surface area contributed by atoms with Crippen LogP contribution in [0.2, 0.25) is 18.1 Å². The molecule has 0 amide bonds. The van der Waals surface area contributed by atoms with Crippen LogP contribution in [0.25, 0.3) is 11.3 Å². The van der Waals surface area contributed by atoms with Crippen LogP contribution >= 0.6 is 0 Å². The minimum Gasteiger partial charge on any atom is -0.408 e. The lowest BCUT2D eigenvalue weighted by molar-refractivity contribution is 0.0585. The molecular formula is C19H28F2N4OSi. The van der Waals surface area contributed by atoms with Crippen LogP contribution in [-0.2, 0) is 4.43 Å². The summed E-state index contributed by atoms with van der Waals surface area (Å²) < 4.78 is 33.6. The van der Waals surface area contributed by atoms with Gasteiger partial charge in [0, 0.05) is 11.8 Å². The van der Waals surface area contributed by atoms with Crippen LogP contribution in [0.3, 0.4) is 0 Å². The fraction of sp³-hybridized carbons (Fsp3) is 0.474. The highest BCUT2D eigenvalue weighted by Gasteiger charge is 2.39. The predicted octanol–water partition coefficient (Wildman–Crippen LogP) is 5.56. The highest BCUT2D eigenvalue weighted by molar-refractivity contribution is 6.74. The van der Waals surface area contributed by atoms with E-state index in [-0.39, 0.29) is 22.5 Å². The summed E-state index contributed by atoms with van der Waals surface area (Å²) in [6.45, 7) is 11.9. The molecule has 2 N–H and O–H groups in total. The van der Waals surface area contributed by atoms with Crippen LogP contribution in [0, 0.1) is 0 Å². The number of hydrogen-bond donors (Lipinski definition) is 1. The molecule has 27 heavy (non-hydrogen) atoms. The molecule has 0 bridgehead atoms. The summed E-state index contributed by atoms with van der Waals surface area (Å²) in [4.78, 5) is 4.43. The van der Waals surface area contributed by atoms with Crippen LogP contribution in [-0.4, -0.2) is 23.1 Å². The molecular weight excluding hydrogens is 366 g/mol. The zero-order valence-corrected chi connectivity index (χ0v) is 17.5. The van der Waals surface area contributed by atoms with Gasteiger partial charge in [0.2, 0.25) is 0 Å². The fourth-order valence-corrected chi connectivity index (χ4v) is 3.79. The van der Waals surface area contributed by atoms with Gasteiger partial charge in [0.25, 0.3) is 0 Å². The van der Waals surface area contributed by atoms with Gasteiger partial charge >= 0.3 is 6.55 Å². The Morgan fingerprint density at radius 1 is 1.37 bits per heavy atom. The number of hydrogen-bond acceptors (Lipinski definition) is 4. The Kier molecular flexibility index (Phi) is 6.21. The Morgan fingerprint density at radius 3 is 2.59 bits per heavy atom. The van der Waals surface area contributed by atoms with Crippen molar-refractivity contribution >= 4 is 14.0 Å². The third-order valence-electron chi connectivity index (χ3n) is 5.02. The van der Waals surface area contributed by atoms with E-state index in [1.165, 1.54) is 6.20 Å². The van der Waals surface area contributed by atoms with E-state index in [2.05, 4.69) is 50.5 Å². The number of nitrogens with two attached hydrogens (primary N) is 1. The van der Waals surface area contributed by atoms with Gasteiger partial charge < -0.3 is 10.2 Å². The first kappa shape index (κ1) is 21.2. The SMILES string of the molecule is C=CCC(O[Si](C)(C)C(C)(C)C)c1cc(-c2c(N)cnn2C(F)F)ccn1. The molecule has 1 atom stereocenters. The van der Waals surface area contributed by atoms with Crippen molar-refractivity contribution in [2.24, 2.45) is 0 Å². The van der Waals surface area contributed by atoms with Crippen LogP contribution in [0.15, 0.2) is 37.2 Å². The summed E-state index contributed by atoms with van der Waals surface area (Å²) in [6.07, 6.45) is 4.87. The molecule has 2 aromatic rings. The Morgan fingerprint density at radius 2 is 2.04 bits per heavy atom. The molecule has 0 aliphatic carbocycles. The normalized spacial score (nSPS) is 13.8. The molecule has 0 saturated carbocycles. The molecule has 0 aromatic carbocycles. The second kappa shape index (κ2) is 7.90. The lowest BCUT2D eigenvalue weighted by Gasteiger charge is -2.39. The van der Waals surface area contributed by atoms with E-state index in [0.29, 0.717) is 22.4 Å². The zero-order valence-electron chi connectivity index (χ0n) is 16.5. The summed E-state index contributed by atoms with van der Waals surface area (Å²) >= 11 is 0. The predicted molar refractivity (Wildman–Crippen MR) is 107 cm³/mol. The van der Waals surface area contributed by atoms with E-state index in [1.54, 1.807) is 24.4 Å². The fourth-order valence-electron chi connectivity index (χ4n) is 2.51. The van der Waals surface area contributed by atoms with Gasteiger partial charge in [-0.1, -0.05) is 26.8 Å². The molecule has 148 valence electrons. The molecule has 2 heterocycles. The summed E-state index contributed by atoms with van der Waals surface area (Å²) in [6, 6.07) is 3.39. The van der Waals surface area contributed by atoms with Gasteiger partial charge in [-0.2, -0.15) is 13.9 Å². The third kappa shape index (κ3) is 4.62. The highest BCUT2D eigenvalue weighted by atomic mass is 28.4. The quantitative estimate of drug-likeness (QED) is 0.493. The molecule has 8 heteroatoms. The molecule has 2 aromatic heterocycles. The standard InChI is InChI=1S/C19H28F2N4OSi/c1-7-8-16(26-27(5,6)19(2,3)4)15-11-13(9-10-23-15)17-14(22)12-24-25(17)18(20)21/h7,9-12,16,18H,1,8,22H2,2-6H3. The van der Waals surface area contributed by atoms with E-state index in [1.807, 2.05) is 0 Å². The van der Waals surface area contributed by atoms with E-state index in [4.69, 9.17) is 10.2 Å². The van der Waals surface area contributed by atoms with Crippen molar-refractivity contribution in [2.45, 2.75) is 58.0 Å². The monoisotopic (exact) mass is 394 g/mol. The minimum absolute atomic E-state index is 0.0305. The average molecular weight is 395 g/mol. The van der Waals surface area contributed by atoms with E-state index in [0.717, 1.165) is 0 Å². The van der Waals surface area contributed by atoms with Crippen molar-refractivity contribution in [1.29, 1.82) is 0 Å². The van der Waals surface area contributed by atoms with Crippen molar-refractivity contribution in [3.63, 3.8) is 0 Å². The largest absolute Gasteiger partial charge is 0.408 e. The molecule has 0 saturated heterocycles. The first-order valence-electron chi connectivity index (χ1n) is 8.84. The van der Waals surface area contributed by atoms with Gasteiger partial charge in [0.05, 0.1) is 29.4 Å². The van der Waals surface area contributed by atoms with Crippen LogP contribution in [0.4, 0.5) is 14.5 Å². The van der Waals surface area contributed by atoms with Gasteiger partial charge in [-0.05, 0) is 36.7 Å². The molecule has 0 spiro atoms. The second-order valence-electron chi connectivity index (χ2n) is 8.03. The molecule has 0 radical (unpaired) electrons. The van der Waals surface area contributed by atoms with E-state index < -0.39 is 14.9 Å². The van der Waals surface area contributed by atoms with Crippen LogP contribution in [0.5, 0.6) is 0 Å². The number of nitrogens with zero attached hydrogens (tertiary/aromatic N) is 3. The molecule has 0 fully saturated rings. The summed E-state index contributed by atoms with van der Waals surface area (Å²) in [5.74, 6) is 0. The number of halogens is 2. The van der Waals surface area contributed by atoms with Gasteiger partial charge in [0.15, 0.2) is 8.32 Å². The van der Waals surface area contributed by atoms with E-state index in [9.17, 15) is 8.78 Å². The summed E-state index contributed by atoms with van der Waals surface area (Å²) in [5, 5.41) is 3.71. The Bertz CT molecular complexity index is 799. The maximum Gasteiger partial charge on any atom is 0.333 e. The van der Waals surface area contributed by atoms with Crippen LogP contribution < -0.4 is 5.73 Å². The molecule has 2 rings (SSSR count). The number of anilines is 1. The van der Waals surface area contributed by atoms with E-state index >= 15 is 0 Å². The topological polar surface area (TPSA) is 66.0 Å². The molecule has 5 nitrogen and oxygen atoms in total. The number of pyridine rings is 1. The molecule has 1 unspecified atom stereocenters. The van der Waals surface area contributed by atoms with Crippen LogP contribution in [0.1, 0.15) is 45.5 Å². The number of nitrogen functional groups attached to an aromatic ring is 1. The van der Waals surface area contributed by atoms with Gasteiger partial charge in [-0.3, -0.25) is 4.98 Å². The lowest BCUT2D eigenvalue weighted by Crippen LogP contribution is -2.41. The van der Waals surface area contributed by atoms with Crippen molar-refractivity contribution in [1.82, 2.24) is 14.8 Å². The average Bonchev–Trinajstić information content (AvgIpc) is 2.95. The first-order chi connectivity index (χ1) is 12.5. The van der Waals surface area contributed by atoms with Gasteiger partial charge in [-0.25, -0.2) is 4.68 Å². The number of aromatic nitrogens is 3. The van der Waals surface area contributed by atoms with Gasteiger partial charge in [-0.15, -0.1) is 6.58 Å². The summed E-state index contributed by atoms with van der Waals surface area (Å²) in [5.41, 5.74) is 7.45.